The summed E-state index contributed by atoms with van der Waals surface area (Å²) in [7, 11) is 0. The van der Waals surface area contributed by atoms with Gasteiger partial charge in [0.15, 0.2) is 0 Å². The maximum Gasteiger partial charge on any atom is 0.0956 e. The number of fused-ring (bicyclic) bond motifs is 1. The Balaban J connectivity index is 2.07. The number of halogens is 1. The molecule has 0 amide bonds. The van der Waals surface area contributed by atoms with Crippen LogP contribution < -0.4 is 10.6 Å². The van der Waals surface area contributed by atoms with Crippen LogP contribution in [0.1, 0.15) is 19.8 Å². The number of hydrogen-bond acceptors (Lipinski definition) is 3. The van der Waals surface area contributed by atoms with Gasteiger partial charge in [0.1, 0.15) is 0 Å². The lowest BCUT2D eigenvalue weighted by molar-refractivity contribution is 0.569. The fourth-order valence-corrected chi connectivity index (χ4v) is 3.17. The van der Waals surface area contributed by atoms with Crippen molar-refractivity contribution in [3.8, 4) is 0 Å². The second-order valence-electron chi connectivity index (χ2n) is 5.23. The van der Waals surface area contributed by atoms with Gasteiger partial charge in [-0.2, -0.15) is 0 Å². The van der Waals surface area contributed by atoms with E-state index in [2.05, 4.69) is 44.9 Å². The third-order valence-electron chi connectivity index (χ3n) is 4.03. The Labute approximate surface area is 121 Å². The van der Waals surface area contributed by atoms with E-state index in [1.807, 2.05) is 12.3 Å². The highest BCUT2D eigenvalue weighted by Gasteiger charge is 2.23. The summed E-state index contributed by atoms with van der Waals surface area (Å²) < 4.78 is 0.969. The maximum atomic E-state index is 6.07. The zero-order valence-corrected chi connectivity index (χ0v) is 12.7. The minimum Gasteiger partial charge on any atom is -0.398 e. The Hall–Kier alpha value is -1.29. The molecule has 1 aliphatic rings. The van der Waals surface area contributed by atoms with Crippen LogP contribution in [-0.2, 0) is 0 Å². The molecular weight excluding hydrogens is 302 g/mol. The zero-order valence-electron chi connectivity index (χ0n) is 11.1. The van der Waals surface area contributed by atoms with Crippen molar-refractivity contribution in [2.75, 3.05) is 23.7 Å². The number of aromatic nitrogens is 1. The smallest absolute Gasteiger partial charge is 0.0956 e. The van der Waals surface area contributed by atoms with Gasteiger partial charge in [0.2, 0.25) is 0 Å². The van der Waals surface area contributed by atoms with E-state index in [4.69, 9.17) is 5.73 Å². The molecular formula is C15H18BrN3. The van der Waals surface area contributed by atoms with Crippen molar-refractivity contribution in [2.24, 2.45) is 5.92 Å². The van der Waals surface area contributed by atoms with Crippen molar-refractivity contribution in [3.05, 3.63) is 28.9 Å². The number of rotatable bonds is 2. The minimum absolute atomic E-state index is 0.791. The Morgan fingerprint density at radius 1 is 1.47 bits per heavy atom. The van der Waals surface area contributed by atoms with Gasteiger partial charge in [-0.3, -0.25) is 4.98 Å². The second-order valence-corrected chi connectivity index (χ2v) is 6.15. The molecule has 0 bridgehead atoms. The third-order valence-corrected chi connectivity index (χ3v) is 4.47. The molecule has 1 unspecified atom stereocenters. The Bertz CT molecular complexity index is 612. The number of benzene rings is 1. The molecule has 19 heavy (non-hydrogen) atoms. The average molecular weight is 320 g/mol. The standard InChI is InChI=1S/C15H18BrN3/c1-2-10-5-6-19(9-10)14-4-3-13(17)12-7-11(16)8-18-15(12)14/h3-4,7-8,10H,2,5-6,9,17H2,1H3. The van der Waals surface area contributed by atoms with Gasteiger partial charge in [-0.05, 0) is 46.5 Å². The normalized spacial score (nSPS) is 19.3. The predicted molar refractivity (Wildman–Crippen MR) is 84.5 cm³/mol. The number of pyridine rings is 1. The molecule has 1 fully saturated rings. The first-order valence-corrected chi connectivity index (χ1v) is 7.57. The summed E-state index contributed by atoms with van der Waals surface area (Å²) in [6.45, 7) is 4.52. The quantitative estimate of drug-likeness (QED) is 0.856. The maximum absolute atomic E-state index is 6.07. The summed E-state index contributed by atoms with van der Waals surface area (Å²) in [6, 6.07) is 6.15. The number of nitrogens with zero attached hydrogens (tertiary/aromatic N) is 2. The Kier molecular flexibility index (Phi) is 3.35. The van der Waals surface area contributed by atoms with Gasteiger partial charge in [0, 0.05) is 34.8 Å². The van der Waals surface area contributed by atoms with Crippen molar-refractivity contribution in [1.29, 1.82) is 0 Å². The molecule has 1 atom stereocenters. The SMILES string of the molecule is CCC1CCN(c2ccc(N)c3cc(Br)cnc23)C1. The van der Waals surface area contributed by atoms with Crippen LogP contribution in [0.3, 0.4) is 0 Å². The summed E-state index contributed by atoms with van der Waals surface area (Å²) in [6.07, 6.45) is 4.37. The molecule has 3 rings (SSSR count). The van der Waals surface area contributed by atoms with Crippen LogP contribution in [0.4, 0.5) is 11.4 Å². The molecule has 2 heterocycles. The van der Waals surface area contributed by atoms with Gasteiger partial charge in [-0.15, -0.1) is 0 Å². The fraction of sp³-hybridized carbons (Fsp3) is 0.400. The molecule has 1 saturated heterocycles. The third kappa shape index (κ3) is 2.29. The first-order valence-electron chi connectivity index (χ1n) is 6.77. The van der Waals surface area contributed by atoms with Crippen LogP contribution in [0.2, 0.25) is 0 Å². The van der Waals surface area contributed by atoms with E-state index < -0.39 is 0 Å². The van der Waals surface area contributed by atoms with Gasteiger partial charge in [0.05, 0.1) is 11.2 Å². The molecule has 2 N–H and O–H groups in total. The largest absolute Gasteiger partial charge is 0.398 e. The highest BCUT2D eigenvalue weighted by molar-refractivity contribution is 9.10. The number of nitrogens with two attached hydrogens (primary N) is 1. The first-order chi connectivity index (χ1) is 9.19. The molecule has 0 saturated carbocycles. The summed E-state index contributed by atoms with van der Waals surface area (Å²) in [5.41, 5.74) is 9.09. The fourth-order valence-electron chi connectivity index (χ4n) is 2.84. The zero-order chi connectivity index (χ0) is 13.4. The van der Waals surface area contributed by atoms with Crippen molar-refractivity contribution >= 4 is 38.2 Å². The van der Waals surface area contributed by atoms with Crippen molar-refractivity contribution in [2.45, 2.75) is 19.8 Å². The van der Waals surface area contributed by atoms with Crippen LogP contribution in [-0.4, -0.2) is 18.1 Å². The summed E-state index contributed by atoms with van der Waals surface area (Å²) in [5, 5.41) is 1.03. The molecule has 4 heteroatoms. The summed E-state index contributed by atoms with van der Waals surface area (Å²) in [5.74, 6) is 0.808. The van der Waals surface area contributed by atoms with Gasteiger partial charge in [-0.25, -0.2) is 0 Å². The predicted octanol–water partition coefficient (Wildman–Crippen LogP) is 3.82. The van der Waals surface area contributed by atoms with E-state index in [-0.39, 0.29) is 0 Å². The first kappa shape index (κ1) is 12.7. The van der Waals surface area contributed by atoms with Gasteiger partial charge < -0.3 is 10.6 Å². The van der Waals surface area contributed by atoms with Crippen LogP contribution in [0.15, 0.2) is 28.9 Å². The number of anilines is 2. The van der Waals surface area contributed by atoms with E-state index >= 15 is 0 Å². The van der Waals surface area contributed by atoms with Gasteiger partial charge >= 0.3 is 0 Å². The highest BCUT2D eigenvalue weighted by atomic mass is 79.9. The van der Waals surface area contributed by atoms with Crippen molar-refractivity contribution in [3.63, 3.8) is 0 Å². The van der Waals surface area contributed by atoms with Crippen LogP contribution in [0.5, 0.6) is 0 Å². The molecule has 0 spiro atoms. The molecule has 2 aromatic rings. The van der Waals surface area contributed by atoms with Crippen LogP contribution in [0, 0.1) is 5.92 Å². The van der Waals surface area contributed by atoms with E-state index in [0.717, 1.165) is 40.1 Å². The number of hydrogen-bond donors (Lipinski definition) is 1. The lowest BCUT2D eigenvalue weighted by Crippen LogP contribution is -2.20. The second kappa shape index (κ2) is 5.00. The minimum atomic E-state index is 0.791. The average Bonchev–Trinajstić information content (AvgIpc) is 2.88. The molecule has 1 aromatic heterocycles. The molecule has 3 nitrogen and oxygen atoms in total. The summed E-state index contributed by atoms with van der Waals surface area (Å²) >= 11 is 3.46. The van der Waals surface area contributed by atoms with E-state index in [0.29, 0.717) is 0 Å². The molecule has 1 aliphatic heterocycles. The van der Waals surface area contributed by atoms with Gasteiger partial charge in [-0.1, -0.05) is 13.3 Å². The van der Waals surface area contributed by atoms with Crippen molar-refractivity contribution < 1.29 is 0 Å². The van der Waals surface area contributed by atoms with E-state index in [9.17, 15) is 0 Å². The lowest BCUT2D eigenvalue weighted by Gasteiger charge is -2.20. The molecule has 100 valence electrons. The van der Waals surface area contributed by atoms with Gasteiger partial charge in [0.25, 0.3) is 0 Å². The molecule has 0 aliphatic carbocycles. The monoisotopic (exact) mass is 319 g/mol. The summed E-state index contributed by atoms with van der Waals surface area (Å²) in [4.78, 5) is 7.01. The molecule has 1 aromatic carbocycles. The van der Waals surface area contributed by atoms with E-state index in [1.165, 1.54) is 18.5 Å². The Morgan fingerprint density at radius 3 is 3.05 bits per heavy atom. The highest BCUT2D eigenvalue weighted by Crippen LogP contribution is 2.34. The Morgan fingerprint density at radius 2 is 2.32 bits per heavy atom. The van der Waals surface area contributed by atoms with Crippen LogP contribution in [0.25, 0.3) is 10.9 Å². The molecule has 0 radical (unpaired) electrons. The van der Waals surface area contributed by atoms with E-state index in [1.54, 1.807) is 0 Å². The number of nitrogen functional groups attached to an aromatic ring is 1. The van der Waals surface area contributed by atoms with Crippen LogP contribution >= 0.6 is 15.9 Å². The topological polar surface area (TPSA) is 42.1 Å². The lowest BCUT2D eigenvalue weighted by atomic mass is 10.1. The van der Waals surface area contributed by atoms with Crippen molar-refractivity contribution in [1.82, 2.24) is 4.98 Å².